The number of fused-ring (bicyclic) bond motifs is 1. The lowest BCUT2D eigenvalue weighted by Gasteiger charge is -2.19. The van der Waals surface area contributed by atoms with Gasteiger partial charge in [-0.05, 0) is 48.6 Å². The Bertz CT molecular complexity index is 1010. The van der Waals surface area contributed by atoms with Crippen LogP contribution in [0.3, 0.4) is 0 Å². The lowest BCUT2D eigenvalue weighted by Crippen LogP contribution is -2.35. The van der Waals surface area contributed by atoms with Crippen LogP contribution in [0.5, 0.6) is 0 Å². The molecule has 26 heavy (non-hydrogen) atoms. The number of para-hydroxylation sites is 1. The van der Waals surface area contributed by atoms with Gasteiger partial charge in [0.2, 0.25) is 5.91 Å². The number of halogens is 1. The van der Waals surface area contributed by atoms with Gasteiger partial charge in [-0.1, -0.05) is 35.9 Å². The summed E-state index contributed by atoms with van der Waals surface area (Å²) in [6.45, 7) is -0.0481. The number of nitrogens with zero attached hydrogens (tertiary/aromatic N) is 2. The smallest absolute Gasteiger partial charge is 0.261 e. The van der Waals surface area contributed by atoms with Crippen LogP contribution in [0.4, 0.5) is 0 Å². The summed E-state index contributed by atoms with van der Waals surface area (Å²) < 4.78 is 1.35. The van der Waals surface area contributed by atoms with Gasteiger partial charge in [-0.2, -0.15) is 0 Å². The van der Waals surface area contributed by atoms with E-state index in [0.717, 1.165) is 18.4 Å². The highest BCUT2D eigenvalue weighted by Crippen LogP contribution is 2.41. The van der Waals surface area contributed by atoms with Crippen molar-refractivity contribution in [2.45, 2.75) is 25.4 Å². The number of hydrogen-bond acceptors (Lipinski definition) is 3. The molecule has 1 aliphatic carbocycles. The number of hydrogen-bond donors (Lipinski definition) is 1. The highest BCUT2D eigenvalue weighted by Gasteiger charge is 2.33. The van der Waals surface area contributed by atoms with Crippen molar-refractivity contribution in [1.29, 1.82) is 0 Å². The molecule has 1 aromatic heterocycles. The standard InChI is InChI=1S/C20H18ClN3O2/c21-15-9-7-14(8-10-15)19(13-5-6-13)23-18(25)11-24-12-22-17-4-2-1-3-16(17)20(24)26/h1-4,7-10,12-13,19H,5-6,11H2,(H,23,25). The van der Waals surface area contributed by atoms with Crippen LogP contribution in [0.2, 0.25) is 5.02 Å². The van der Waals surface area contributed by atoms with E-state index in [4.69, 9.17) is 11.6 Å². The summed E-state index contributed by atoms with van der Waals surface area (Å²) in [5.74, 6) is 0.239. The largest absolute Gasteiger partial charge is 0.347 e. The van der Waals surface area contributed by atoms with E-state index in [1.807, 2.05) is 30.3 Å². The van der Waals surface area contributed by atoms with Crippen LogP contribution < -0.4 is 10.9 Å². The minimum atomic E-state index is -0.208. The van der Waals surface area contributed by atoms with Crippen LogP contribution >= 0.6 is 11.6 Å². The molecule has 5 nitrogen and oxygen atoms in total. The van der Waals surface area contributed by atoms with E-state index in [9.17, 15) is 9.59 Å². The van der Waals surface area contributed by atoms with Gasteiger partial charge in [-0.3, -0.25) is 14.2 Å². The fraction of sp³-hybridized carbons (Fsp3) is 0.250. The second kappa shape index (κ2) is 6.92. The van der Waals surface area contributed by atoms with E-state index < -0.39 is 0 Å². The minimum absolute atomic E-state index is 0.0481. The van der Waals surface area contributed by atoms with Gasteiger partial charge in [-0.25, -0.2) is 4.98 Å². The van der Waals surface area contributed by atoms with Gasteiger partial charge in [0, 0.05) is 5.02 Å². The number of nitrogens with one attached hydrogen (secondary N) is 1. The van der Waals surface area contributed by atoms with E-state index in [2.05, 4.69) is 10.3 Å². The van der Waals surface area contributed by atoms with Gasteiger partial charge >= 0.3 is 0 Å². The molecule has 1 aliphatic rings. The van der Waals surface area contributed by atoms with E-state index >= 15 is 0 Å². The molecular formula is C20H18ClN3O2. The number of rotatable bonds is 5. The van der Waals surface area contributed by atoms with Crippen LogP contribution in [0, 0.1) is 5.92 Å². The molecule has 0 bridgehead atoms. The fourth-order valence-corrected chi connectivity index (χ4v) is 3.29. The van der Waals surface area contributed by atoms with Crippen LogP contribution in [-0.2, 0) is 11.3 Å². The zero-order valence-electron chi connectivity index (χ0n) is 14.1. The number of carbonyl (C=O) groups is 1. The first-order valence-corrected chi connectivity index (χ1v) is 8.98. The Morgan fingerprint density at radius 2 is 1.92 bits per heavy atom. The van der Waals surface area contributed by atoms with E-state index in [1.165, 1.54) is 10.9 Å². The van der Waals surface area contributed by atoms with Gasteiger partial charge in [0.15, 0.2) is 0 Å². The van der Waals surface area contributed by atoms with Gasteiger partial charge < -0.3 is 5.32 Å². The van der Waals surface area contributed by atoms with E-state index in [1.54, 1.807) is 18.2 Å². The second-order valence-corrected chi connectivity index (χ2v) is 7.07. The first kappa shape index (κ1) is 16.8. The maximum absolute atomic E-state index is 12.6. The first-order chi connectivity index (χ1) is 12.6. The fourth-order valence-electron chi connectivity index (χ4n) is 3.17. The molecule has 1 fully saturated rings. The molecule has 1 atom stereocenters. The van der Waals surface area contributed by atoms with Crippen molar-refractivity contribution < 1.29 is 4.79 Å². The van der Waals surface area contributed by atoms with Crippen molar-refractivity contribution in [3.63, 3.8) is 0 Å². The molecular weight excluding hydrogens is 350 g/mol. The zero-order valence-corrected chi connectivity index (χ0v) is 14.8. The lowest BCUT2D eigenvalue weighted by molar-refractivity contribution is -0.122. The molecule has 0 aliphatic heterocycles. The minimum Gasteiger partial charge on any atom is -0.347 e. The molecule has 3 aromatic rings. The van der Waals surface area contributed by atoms with Crippen molar-refractivity contribution in [1.82, 2.24) is 14.9 Å². The molecule has 6 heteroatoms. The molecule has 2 aromatic carbocycles. The highest BCUT2D eigenvalue weighted by atomic mass is 35.5. The maximum Gasteiger partial charge on any atom is 0.261 e. The Morgan fingerprint density at radius 3 is 2.65 bits per heavy atom. The zero-order chi connectivity index (χ0) is 18.1. The molecule has 1 amide bonds. The van der Waals surface area contributed by atoms with Crippen molar-refractivity contribution in [3.05, 3.63) is 75.8 Å². The van der Waals surface area contributed by atoms with Crippen molar-refractivity contribution in [2.24, 2.45) is 5.92 Å². The number of carbonyl (C=O) groups excluding carboxylic acids is 1. The Balaban J connectivity index is 1.53. The molecule has 4 rings (SSSR count). The van der Waals surface area contributed by atoms with Gasteiger partial charge in [0.05, 0.1) is 23.3 Å². The molecule has 0 spiro atoms. The Kier molecular flexibility index (Phi) is 4.47. The second-order valence-electron chi connectivity index (χ2n) is 6.63. The van der Waals surface area contributed by atoms with Gasteiger partial charge in [0.25, 0.3) is 5.56 Å². The summed E-state index contributed by atoms with van der Waals surface area (Å²) in [4.78, 5) is 29.3. The number of amides is 1. The molecule has 1 unspecified atom stereocenters. The molecule has 132 valence electrons. The third-order valence-corrected chi connectivity index (χ3v) is 4.94. The summed E-state index contributed by atoms with van der Waals surface area (Å²) in [5.41, 5.74) is 1.46. The molecule has 0 saturated heterocycles. The van der Waals surface area contributed by atoms with Crippen molar-refractivity contribution in [2.75, 3.05) is 0 Å². The summed E-state index contributed by atoms with van der Waals surface area (Å²) in [5, 5.41) is 4.25. The predicted molar refractivity (Wildman–Crippen MR) is 101 cm³/mol. The third-order valence-electron chi connectivity index (χ3n) is 4.68. The van der Waals surface area contributed by atoms with Crippen molar-refractivity contribution >= 4 is 28.4 Å². The van der Waals surface area contributed by atoms with Gasteiger partial charge in [0.1, 0.15) is 6.54 Å². The van der Waals surface area contributed by atoms with E-state index in [-0.39, 0.29) is 24.1 Å². The highest BCUT2D eigenvalue weighted by molar-refractivity contribution is 6.30. The lowest BCUT2D eigenvalue weighted by atomic mass is 10.0. The van der Waals surface area contributed by atoms with Gasteiger partial charge in [-0.15, -0.1) is 0 Å². The summed E-state index contributed by atoms with van der Waals surface area (Å²) in [6, 6.07) is 14.6. The van der Waals surface area contributed by atoms with Crippen LogP contribution in [0.1, 0.15) is 24.4 Å². The summed E-state index contributed by atoms with van der Waals surface area (Å²) >= 11 is 5.96. The van der Waals surface area contributed by atoms with E-state index in [0.29, 0.717) is 21.8 Å². The van der Waals surface area contributed by atoms with Crippen molar-refractivity contribution in [3.8, 4) is 0 Å². The number of benzene rings is 2. The SMILES string of the molecule is O=C(Cn1cnc2ccccc2c1=O)NC(c1ccc(Cl)cc1)C1CC1. The maximum atomic E-state index is 12.6. The topological polar surface area (TPSA) is 64.0 Å². The summed E-state index contributed by atoms with van der Waals surface area (Å²) in [7, 11) is 0. The Morgan fingerprint density at radius 1 is 1.19 bits per heavy atom. The average Bonchev–Trinajstić information content (AvgIpc) is 3.48. The summed E-state index contributed by atoms with van der Waals surface area (Å²) in [6.07, 6.45) is 3.61. The van der Waals surface area contributed by atoms with Crippen LogP contribution in [0.15, 0.2) is 59.7 Å². The quantitative estimate of drug-likeness (QED) is 0.752. The molecule has 1 saturated carbocycles. The third kappa shape index (κ3) is 3.48. The molecule has 1 N–H and O–H groups in total. The Hall–Kier alpha value is -2.66. The van der Waals surface area contributed by atoms with Crippen LogP contribution in [0.25, 0.3) is 10.9 Å². The first-order valence-electron chi connectivity index (χ1n) is 8.61. The predicted octanol–water partition coefficient (Wildman–Crippen LogP) is 3.32. The monoisotopic (exact) mass is 367 g/mol. The normalized spacial score (nSPS) is 15.0. The Labute approximate surface area is 155 Å². The number of aromatic nitrogens is 2. The molecule has 0 radical (unpaired) electrons. The molecule has 1 heterocycles. The van der Waals surface area contributed by atoms with Crippen LogP contribution in [-0.4, -0.2) is 15.5 Å². The average molecular weight is 368 g/mol.